The predicted molar refractivity (Wildman–Crippen MR) is 104 cm³/mol. The van der Waals surface area contributed by atoms with E-state index >= 15 is 0 Å². The van der Waals surface area contributed by atoms with Gasteiger partial charge in [-0.15, -0.1) is 0 Å². The van der Waals surface area contributed by atoms with E-state index in [-0.39, 0.29) is 17.9 Å². The number of ether oxygens (including phenoxy) is 1. The van der Waals surface area contributed by atoms with Crippen LogP contribution in [0.2, 0.25) is 5.02 Å². The number of nitrogens with one attached hydrogen (secondary N) is 2. The Kier molecular flexibility index (Phi) is 5.67. The van der Waals surface area contributed by atoms with Crippen molar-refractivity contribution < 1.29 is 14.9 Å². The number of halogens is 1. The smallest absolute Gasteiger partial charge is 0.248 e. The quantitative estimate of drug-likeness (QED) is 0.490. The number of aromatic nitrogens is 1. The minimum atomic E-state index is -0.858. The van der Waals surface area contributed by atoms with Crippen LogP contribution >= 0.6 is 11.6 Å². The Bertz CT molecular complexity index is 1070. The van der Waals surface area contributed by atoms with Crippen molar-refractivity contribution in [2.75, 3.05) is 6.54 Å². The molecule has 0 saturated carbocycles. The molecule has 3 aromatic rings. The second kappa shape index (κ2) is 8.14. The molecule has 6 nitrogen and oxygen atoms in total. The lowest BCUT2D eigenvalue weighted by atomic mass is 10.0. The van der Waals surface area contributed by atoms with Crippen molar-refractivity contribution in [3.8, 4) is 24.0 Å². The number of phenols is 1. The van der Waals surface area contributed by atoms with Crippen molar-refractivity contribution in [2.45, 2.75) is 12.6 Å². The SMILES string of the molecule is C#COc1cccc(CNCC(O)c2ccc(O)c3[nH]c(=O)ccc23)c1Cl. The molecule has 4 N–H and O–H groups in total. The summed E-state index contributed by atoms with van der Waals surface area (Å²) in [5.74, 6) is 0.344. The Morgan fingerprint density at radius 1 is 1.26 bits per heavy atom. The van der Waals surface area contributed by atoms with E-state index in [2.05, 4.69) is 16.4 Å². The van der Waals surface area contributed by atoms with Crippen LogP contribution in [0.4, 0.5) is 0 Å². The van der Waals surface area contributed by atoms with E-state index in [1.54, 1.807) is 24.3 Å². The molecule has 0 fully saturated rings. The Balaban J connectivity index is 1.74. The number of H-pyrrole nitrogens is 1. The molecule has 0 aliphatic rings. The second-order valence-electron chi connectivity index (χ2n) is 5.88. The number of hydrogen-bond donors (Lipinski definition) is 4. The monoisotopic (exact) mass is 384 g/mol. The van der Waals surface area contributed by atoms with Crippen molar-refractivity contribution in [1.82, 2.24) is 10.3 Å². The third-order valence-electron chi connectivity index (χ3n) is 4.13. The van der Waals surface area contributed by atoms with Crippen molar-refractivity contribution in [1.29, 1.82) is 0 Å². The predicted octanol–water partition coefficient (Wildman–Crippen LogP) is 2.68. The highest BCUT2D eigenvalue weighted by molar-refractivity contribution is 6.32. The van der Waals surface area contributed by atoms with Gasteiger partial charge in [-0.2, -0.15) is 0 Å². The van der Waals surface area contributed by atoms with E-state index in [4.69, 9.17) is 22.8 Å². The fourth-order valence-corrected chi connectivity index (χ4v) is 3.07. The first-order valence-electron chi connectivity index (χ1n) is 8.14. The Morgan fingerprint density at radius 3 is 2.85 bits per heavy atom. The van der Waals surface area contributed by atoms with Crippen molar-refractivity contribution in [2.24, 2.45) is 0 Å². The molecule has 3 rings (SSSR count). The van der Waals surface area contributed by atoms with Crippen LogP contribution in [0, 0.1) is 12.5 Å². The highest BCUT2D eigenvalue weighted by atomic mass is 35.5. The van der Waals surface area contributed by atoms with Gasteiger partial charge in [0, 0.05) is 24.5 Å². The van der Waals surface area contributed by atoms with Gasteiger partial charge in [-0.1, -0.05) is 36.2 Å². The van der Waals surface area contributed by atoms with Crippen LogP contribution in [0.3, 0.4) is 0 Å². The number of aromatic hydroxyl groups is 1. The number of pyridine rings is 1. The number of fused-ring (bicyclic) bond motifs is 1. The van der Waals surface area contributed by atoms with Gasteiger partial charge in [0.05, 0.1) is 16.6 Å². The number of benzene rings is 2. The standard InChI is InChI=1S/C20H17ClN2O4/c1-2-27-17-5-3-4-12(19(17)21)10-22-11-16(25)13-6-8-15(24)20-14(13)7-9-18(26)23-20/h1,3-9,16,22,24-25H,10-11H2,(H,23,26). The van der Waals surface area contributed by atoms with Crippen LogP contribution < -0.4 is 15.6 Å². The summed E-state index contributed by atoms with van der Waals surface area (Å²) < 4.78 is 5.01. The van der Waals surface area contributed by atoms with Gasteiger partial charge in [-0.3, -0.25) is 4.79 Å². The molecule has 1 unspecified atom stereocenters. The third kappa shape index (κ3) is 4.07. The summed E-state index contributed by atoms with van der Waals surface area (Å²) in [5, 5.41) is 24.6. The number of aromatic amines is 1. The first-order chi connectivity index (χ1) is 13.0. The maximum atomic E-state index is 11.5. The molecule has 0 bridgehead atoms. The number of rotatable bonds is 6. The molecule has 1 aromatic heterocycles. The fourth-order valence-electron chi connectivity index (χ4n) is 2.84. The molecule has 0 radical (unpaired) electrons. The summed E-state index contributed by atoms with van der Waals surface area (Å²) in [5.41, 5.74) is 1.33. The maximum Gasteiger partial charge on any atom is 0.248 e. The number of hydrogen-bond acceptors (Lipinski definition) is 5. The van der Waals surface area contributed by atoms with E-state index in [1.807, 2.05) is 6.07 Å². The first kappa shape index (κ1) is 18.8. The molecular weight excluding hydrogens is 368 g/mol. The Labute approximate surface area is 160 Å². The summed E-state index contributed by atoms with van der Waals surface area (Å²) in [6.07, 6.45) is 6.35. The van der Waals surface area contributed by atoms with Gasteiger partial charge in [-0.25, -0.2) is 0 Å². The van der Waals surface area contributed by atoms with Gasteiger partial charge in [0.2, 0.25) is 5.56 Å². The molecule has 0 saturated heterocycles. The molecule has 1 atom stereocenters. The van der Waals surface area contributed by atoms with Crippen LogP contribution in [-0.2, 0) is 6.54 Å². The summed E-state index contributed by atoms with van der Waals surface area (Å²) in [6.45, 7) is 0.625. The molecule has 7 heteroatoms. The minimum absolute atomic E-state index is 0.0521. The summed E-state index contributed by atoms with van der Waals surface area (Å²) >= 11 is 6.25. The highest BCUT2D eigenvalue weighted by Crippen LogP contribution is 2.29. The Morgan fingerprint density at radius 2 is 2.07 bits per heavy atom. The van der Waals surface area contributed by atoms with Gasteiger partial charge < -0.3 is 25.3 Å². The van der Waals surface area contributed by atoms with Crippen LogP contribution in [0.1, 0.15) is 17.2 Å². The summed E-state index contributed by atoms with van der Waals surface area (Å²) in [7, 11) is 0. The number of aliphatic hydroxyl groups excluding tert-OH is 1. The molecule has 27 heavy (non-hydrogen) atoms. The van der Waals surface area contributed by atoms with Crippen LogP contribution in [0.25, 0.3) is 10.9 Å². The van der Waals surface area contributed by atoms with E-state index < -0.39 is 6.10 Å². The van der Waals surface area contributed by atoms with Gasteiger partial charge in [0.15, 0.2) is 5.75 Å². The molecule has 0 amide bonds. The minimum Gasteiger partial charge on any atom is -0.506 e. The topological polar surface area (TPSA) is 94.6 Å². The van der Waals surface area contributed by atoms with E-state index in [1.165, 1.54) is 12.1 Å². The summed E-state index contributed by atoms with van der Waals surface area (Å²) in [6, 6.07) is 11.3. The first-order valence-corrected chi connectivity index (χ1v) is 8.52. The zero-order valence-corrected chi connectivity index (χ0v) is 15.0. The zero-order valence-electron chi connectivity index (χ0n) is 14.2. The largest absolute Gasteiger partial charge is 0.506 e. The lowest BCUT2D eigenvalue weighted by Gasteiger charge is -2.16. The number of aliphatic hydroxyl groups is 1. The van der Waals surface area contributed by atoms with E-state index in [0.717, 1.165) is 5.56 Å². The van der Waals surface area contributed by atoms with E-state index in [0.29, 0.717) is 33.8 Å². The number of phenolic OH excluding ortho intramolecular Hbond substituents is 1. The zero-order chi connectivity index (χ0) is 19.4. The third-order valence-corrected chi connectivity index (χ3v) is 4.56. The molecule has 2 aromatic carbocycles. The van der Waals surface area contributed by atoms with Crippen molar-refractivity contribution >= 4 is 22.5 Å². The Hall–Kier alpha value is -2.98. The maximum absolute atomic E-state index is 11.5. The van der Waals surface area contributed by atoms with Crippen LogP contribution in [-0.4, -0.2) is 21.7 Å². The second-order valence-corrected chi connectivity index (χ2v) is 6.26. The van der Waals surface area contributed by atoms with Crippen LogP contribution in [0.15, 0.2) is 47.3 Å². The van der Waals surface area contributed by atoms with Crippen LogP contribution in [0.5, 0.6) is 11.5 Å². The fraction of sp³-hybridized carbons (Fsp3) is 0.150. The van der Waals surface area contributed by atoms with Gasteiger partial charge >= 0.3 is 0 Å². The molecule has 0 spiro atoms. The van der Waals surface area contributed by atoms with Crippen molar-refractivity contribution in [3.05, 3.63) is 69.0 Å². The normalized spacial score (nSPS) is 11.9. The lowest BCUT2D eigenvalue weighted by Crippen LogP contribution is -2.21. The lowest BCUT2D eigenvalue weighted by molar-refractivity contribution is 0.176. The highest BCUT2D eigenvalue weighted by Gasteiger charge is 2.14. The summed E-state index contributed by atoms with van der Waals surface area (Å²) in [4.78, 5) is 14.1. The van der Waals surface area contributed by atoms with Gasteiger partial charge in [0.1, 0.15) is 11.9 Å². The van der Waals surface area contributed by atoms with Gasteiger partial charge in [-0.05, 0) is 29.3 Å². The molecule has 0 aliphatic carbocycles. The molecule has 1 heterocycles. The molecule has 0 aliphatic heterocycles. The average Bonchev–Trinajstić information content (AvgIpc) is 2.65. The van der Waals surface area contributed by atoms with Crippen molar-refractivity contribution in [3.63, 3.8) is 0 Å². The average molecular weight is 385 g/mol. The van der Waals surface area contributed by atoms with E-state index in [9.17, 15) is 15.0 Å². The number of terminal acetylenes is 1. The molecule has 138 valence electrons. The molecular formula is C20H17ClN2O4. The van der Waals surface area contributed by atoms with Gasteiger partial charge in [0.25, 0.3) is 0 Å².